The van der Waals surface area contributed by atoms with Crippen LogP contribution in [0.5, 0.6) is 5.75 Å². The van der Waals surface area contributed by atoms with Crippen molar-refractivity contribution in [1.82, 2.24) is 20.2 Å². The van der Waals surface area contributed by atoms with E-state index in [0.29, 0.717) is 17.0 Å². The minimum atomic E-state index is -4.60. The van der Waals surface area contributed by atoms with Crippen molar-refractivity contribution in [3.05, 3.63) is 30.1 Å². The molecule has 0 atom stereocenters. The SMILES string of the molecule is CCOc1ccc(-n2nnnc2C(F)(F)F)cc1. The number of hydrogen-bond donors (Lipinski definition) is 0. The average molecular weight is 258 g/mol. The smallest absolute Gasteiger partial charge is 0.453 e. The summed E-state index contributed by atoms with van der Waals surface area (Å²) in [6.07, 6.45) is -4.60. The zero-order chi connectivity index (χ0) is 13.2. The topological polar surface area (TPSA) is 52.8 Å². The molecule has 96 valence electrons. The van der Waals surface area contributed by atoms with Gasteiger partial charge < -0.3 is 4.74 Å². The molecule has 18 heavy (non-hydrogen) atoms. The average Bonchev–Trinajstić information content (AvgIpc) is 2.79. The lowest BCUT2D eigenvalue weighted by Gasteiger charge is -2.08. The quantitative estimate of drug-likeness (QED) is 0.845. The Labute approximate surface area is 100 Å². The van der Waals surface area contributed by atoms with Crippen molar-refractivity contribution in [3.8, 4) is 11.4 Å². The predicted octanol–water partition coefficient (Wildman–Crippen LogP) is 2.08. The molecule has 0 radical (unpaired) electrons. The van der Waals surface area contributed by atoms with Crippen molar-refractivity contribution in [2.24, 2.45) is 0 Å². The highest BCUT2D eigenvalue weighted by atomic mass is 19.4. The highest BCUT2D eigenvalue weighted by Gasteiger charge is 2.38. The highest BCUT2D eigenvalue weighted by molar-refractivity contribution is 5.37. The van der Waals surface area contributed by atoms with Crippen LogP contribution in [-0.2, 0) is 6.18 Å². The molecule has 0 bridgehead atoms. The van der Waals surface area contributed by atoms with Crippen LogP contribution in [-0.4, -0.2) is 26.8 Å². The third-order valence-electron chi connectivity index (χ3n) is 2.12. The van der Waals surface area contributed by atoms with Gasteiger partial charge in [-0.15, -0.1) is 5.10 Å². The Kier molecular flexibility index (Phi) is 3.17. The molecule has 1 heterocycles. The van der Waals surface area contributed by atoms with Gasteiger partial charge in [0, 0.05) is 0 Å². The number of ether oxygens (including phenoxy) is 1. The molecule has 5 nitrogen and oxygen atoms in total. The van der Waals surface area contributed by atoms with Crippen LogP contribution in [0.15, 0.2) is 24.3 Å². The van der Waals surface area contributed by atoms with E-state index in [2.05, 4.69) is 15.5 Å². The maximum atomic E-state index is 12.6. The Balaban J connectivity index is 2.35. The maximum Gasteiger partial charge on any atom is 0.453 e. The summed E-state index contributed by atoms with van der Waals surface area (Å²) >= 11 is 0. The van der Waals surface area contributed by atoms with Crippen molar-refractivity contribution in [3.63, 3.8) is 0 Å². The van der Waals surface area contributed by atoms with E-state index in [-0.39, 0.29) is 5.69 Å². The van der Waals surface area contributed by atoms with E-state index in [9.17, 15) is 13.2 Å². The van der Waals surface area contributed by atoms with Crippen molar-refractivity contribution >= 4 is 0 Å². The van der Waals surface area contributed by atoms with Crippen LogP contribution in [0.3, 0.4) is 0 Å². The summed E-state index contributed by atoms with van der Waals surface area (Å²) in [5, 5.41) is 9.33. The molecule has 0 aliphatic rings. The van der Waals surface area contributed by atoms with E-state index in [4.69, 9.17) is 4.74 Å². The van der Waals surface area contributed by atoms with Crippen molar-refractivity contribution < 1.29 is 17.9 Å². The highest BCUT2D eigenvalue weighted by Crippen LogP contribution is 2.28. The zero-order valence-corrected chi connectivity index (χ0v) is 9.35. The Morgan fingerprint density at radius 2 is 1.89 bits per heavy atom. The van der Waals surface area contributed by atoms with Crippen LogP contribution in [0, 0.1) is 0 Å². The summed E-state index contributed by atoms with van der Waals surface area (Å²) in [4.78, 5) is 0. The minimum absolute atomic E-state index is 0.218. The van der Waals surface area contributed by atoms with Gasteiger partial charge in [0.05, 0.1) is 12.3 Å². The summed E-state index contributed by atoms with van der Waals surface area (Å²) < 4.78 is 43.6. The molecular formula is C10H9F3N4O. The van der Waals surface area contributed by atoms with Crippen LogP contribution in [0.4, 0.5) is 13.2 Å². The third kappa shape index (κ3) is 2.41. The molecule has 0 spiro atoms. The molecule has 0 aliphatic heterocycles. The van der Waals surface area contributed by atoms with Crippen molar-refractivity contribution in [2.75, 3.05) is 6.61 Å². The van der Waals surface area contributed by atoms with Crippen LogP contribution >= 0.6 is 0 Å². The predicted molar refractivity (Wildman–Crippen MR) is 55.3 cm³/mol. The second-order valence-corrected chi connectivity index (χ2v) is 3.34. The van der Waals surface area contributed by atoms with E-state index in [1.807, 2.05) is 6.92 Å². The lowest BCUT2D eigenvalue weighted by atomic mass is 10.3. The Morgan fingerprint density at radius 1 is 1.22 bits per heavy atom. The van der Waals surface area contributed by atoms with Crippen LogP contribution < -0.4 is 4.74 Å². The molecule has 1 aromatic carbocycles. The van der Waals surface area contributed by atoms with Gasteiger partial charge >= 0.3 is 6.18 Å². The normalized spacial score (nSPS) is 11.6. The monoisotopic (exact) mass is 258 g/mol. The molecular weight excluding hydrogens is 249 g/mol. The first-order valence-corrected chi connectivity index (χ1v) is 5.11. The Bertz CT molecular complexity index is 521. The first-order chi connectivity index (χ1) is 8.52. The summed E-state index contributed by atoms with van der Waals surface area (Å²) in [6, 6.07) is 6.02. The van der Waals surface area contributed by atoms with Gasteiger partial charge in [-0.3, -0.25) is 0 Å². The zero-order valence-electron chi connectivity index (χ0n) is 9.35. The van der Waals surface area contributed by atoms with Crippen molar-refractivity contribution in [1.29, 1.82) is 0 Å². The molecule has 2 rings (SSSR count). The molecule has 0 fully saturated rings. The van der Waals surface area contributed by atoms with Crippen LogP contribution in [0.25, 0.3) is 5.69 Å². The minimum Gasteiger partial charge on any atom is -0.494 e. The first-order valence-electron chi connectivity index (χ1n) is 5.11. The Morgan fingerprint density at radius 3 is 2.44 bits per heavy atom. The number of nitrogens with zero attached hydrogens (tertiary/aromatic N) is 4. The third-order valence-corrected chi connectivity index (χ3v) is 2.12. The standard InChI is InChI=1S/C10H9F3N4O/c1-2-18-8-5-3-7(4-6-8)17-9(10(11,12)13)14-15-16-17/h3-6H,2H2,1H3. The fourth-order valence-electron chi connectivity index (χ4n) is 1.39. The van der Waals surface area contributed by atoms with Crippen LogP contribution in [0.1, 0.15) is 12.7 Å². The number of aromatic nitrogens is 4. The molecule has 0 saturated heterocycles. The second-order valence-electron chi connectivity index (χ2n) is 3.34. The van der Waals surface area contributed by atoms with Gasteiger partial charge in [-0.2, -0.15) is 17.9 Å². The van der Waals surface area contributed by atoms with E-state index in [1.165, 1.54) is 12.1 Å². The maximum absolute atomic E-state index is 12.6. The summed E-state index contributed by atoms with van der Waals surface area (Å²) in [6.45, 7) is 2.30. The molecule has 0 N–H and O–H groups in total. The molecule has 1 aromatic heterocycles. The number of hydrogen-bond acceptors (Lipinski definition) is 4. The molecule has 0 amide bonds. The Hall–Kier alpha value is -2.12. The van der Waals surface area contributed by atoms with E-state index >= 15 is 0 Å². The van der Waals surface area contributed by atoms with Gasteiger partial charge in [-0.1, -0.05) is 0 Å². The van der Waals surface area contributed by atoms with Gasteiger partial charge in [0.25, 0.3) is 5.82 Å². The molecule has 2 aromatic rings. The molecule has 0 unspecified atom stereocenters. The van der Waals surface area contributed by atoms with Gasteiger partial charge in [-0.05, 0) is 41.6 Å². The molecule has 0 saturated carbocycles. The largest absolute Gasteiger partial charge is 0.494 e. The first kappa shape index (κ1) is 12.3. The van der Waals surface area contributed by atoms with E-state index in [1.54, 1.807) is 12.1 Å². The summed E-state index contributed by atoms with van der Waals surface area (Å²) in [5.74, 6) is -0.588. The summed E-state index contributed by atoms with van der Waals surface area (Å²) in [7, 11) is 0. The fourth-order valence-corrected chi connectivity index (χ4v) is 1.39. The van der Waals surface area contributed by atoms with Crippen LogP contribution in [0.2, 0.25) is 0 Å². The number of rotatable bonds is 3. The lowest BCUT2D eigenvalue weighted by molar-refractivity contribution is -0.146. The fraction of sp³-hybridized carbons (Fsp3) is 0.300. The second kappa shape index (κ2) is 4.63. The lowest BCUT2D eigenvalue weighted by Crippen LogP contribution is -2.14. The van der Waals surface area contributed by atoms with E-state index in [0.717, 1.165) is 0 Å². The molecule has 0 aliphatic carbocycles. The van der Waals surface area contributed by atoms with Crippen molar-refractivity contribution in [2.45, 2.75) is 13.1 Å². The number of tetrazole rings is 1. The van der Waals surface area contributed by atoms with Gasteiger partial charge in [0.15, 0.2) is 0 Å². The van der Waals surface area contributed by atoms with Gasteiger partial charge in [0.1, 0.15) is 5.75 Å². The number of alkyl halides is 3. The van der Waals surface area contributed by atoms with Gasteiger partial charge in [0.2, 0.25) is 0 Å². The molecule has 8 heteroatoms. The summed E-state index contributed by atoms with van der Waals surface area (Å²) in [5.41, 5.74) is 0.218. The van der Waals surface area contributed by atoms with E-state index < -0.39 is 12.0 Å². The number of halogens is 3. The number of benzene rings is 1. The van der Waals surface area contributed by atoms with Gasteiger partial charge in [-0.25, -0.2) is 0 Å².